The summed E-state index contributed by atoms with van der Waals surface area (Å²) in [4.78, 5) is 19.6. The summed E-state index contributed by atoms with van der Waals surface area (Å²) in [6.45, 7) is 5.81. The summed E-state index contributed by atoms with van der Waals surface area (Å²) in [7, 11) is 0. The van der Waals surface area contributed by atoms with E-state index in [9.17, 15) is 4.79 Å². The van der Waals surface area contributed by atoms with E-state index in [0.717, 1.165) is 59.4 Å². The van der Waals surface area contributed by atoms with Crippen LogP contribution in [-0.2, 0) is 6.42 Å². The van der Waals surface area contributed by atoms with Gasteiger partial charge in [-0.1, -0.05) is 6.92 Å². The average Bonchev–Trinajstić information content (AvgIpc) is 2.86. The molecule has 0 radical (unpaired) electrons. The maximum absolute atomic E-state index is 12.9. The summed E-state index contributed by atoms with van der Waals surface area (Å²) in [5.41, 5.74) is 3.57. The Balaban J connectivity index is 2.13. The van der Waals surface area contributed by atoms with Crippen LogP contribution in [0.2, 0.25) is 0 Å². The van der Waals surface area contributed by atoms with Gasteiger partial charge in [-0.25, -0.2) is 4.98 Å². The van der Waals surface area contributed by atoms with Crippen molar-refractivity contribution in [3.63, 3.8) is 0 Å². The molecule has 0 saturated carbocycles. The second-order valence-electron chi connectivity index (χ2n) is 5.67. The van der Waals surface area contributed by atoms with Crippen LogP contribution in [-0.4, -0.2) is 33.3 Å². The van der Waals surface area contributed by atoms with E-state index in [1.807, 2.05) is 28.5 Å². The smallest absolute Gasteiger partial charge is 0.272 e. The largest absolute Gasteiger partial charge is 0.337 e. The van der Waals surface area contributed by atoms with Gasteiger partial charge in [-0.3, -0.25) is 9.20 Å². The first kappa shape index (κ1) is 14.6. The highest BCUT2D eigenvalue weighted by molar-refractivity contribution is 9.10. The molecule has 2 aromatic rings. The van der Waals surface area contributed by atoms with Gasteiger partial charge in [0.1, 0.15) is 5.69 Å². The quantitative estimate of drug-likeness (QED) is 0.830. The van der Waals surface area contributed by atoms with Crippen LogP contribution in [0.15, 0.2) is 16.7 Å². The number of hydrogen-bond donors (Lipinski definition) is 0. The van der Waals surface area contributed by atoms with E-state index in [0.29, 0.717) is 0 Å². The minimum Gasteiger partial charge on any atom is -0.337 e. The fourth-order valence-corrected chi connectivity index (χ4v) is 3.64. The molecule has 1 amide bonds. The number of amides is 1. The van der Waals surface area contributed by atoms with E-state index in [1.54, 1.807) is 0 Å². The van der Waals surface area contributed by atoms with Crippen LogP contribution in [0, 0.1) is 6.92 Å². The van der Waals surface area contributed by atoms with Gasteiger partial charge in [-0.2, -0.15) is 0 Å². The lowest BCUT2D eigenvalue weighted by Gasteiger charge is -2.26. The Labute approximate surface area is 133 Å². The number of imidazole rings is 1. The molecule has 0 bridgehead atoms. The molecule has 3 rings (SSSR count). The van der Waals surface area contributed by atoms with Crippen molar-refractivity contribution in [2.75, 3.05) is 13.1 Å². The van der Waals surface area contributed by atoms with Gasteiger partial charge in [0.15, 0.2) is 5.65 Å². The first-order chi connectivity index (χ1) is 10.1. The van der Waals surface area contributed by atoms with E-state index < -0.39 is 0 Å². The van der Waals surface area contributed by atoms with Gasteiger partial charge in [0.25, 0.3) is 5.91 Å². The number of likely N-dealkylation sites (tertiary alicyclic amines) is 1. The molecule has 0 atom stereocenters. The molecule has 0 aliphatic carbocycles. The summed E-state index contributed by atoms with van der Waals surface area (Å²) in [6, 6.07) is 2.04. The Kier molecular flexibility index (Phi) is 4.02. The Morgan fingerprint density at radius 1 is 1.33 bits per heavy atom. The van der Waals surface area contributed by atoms with Crippen LogP contribution in [0.25, 0.3) is 5.65 Å². The molecule has 1 fully saturated rings. The molecule has 3 heterocycles. The fourth-order valence-electron chi connectivity index (χ4n) is 3.00. The maximum atomic E-state index is 12.9. The molecular weight excluding hydrogens is 330 g/mol. The van der Waals surface area contributed by atoms with E-state index in [2.05, 4.69) is 27.8 Å². The molecule has 21 heavy (non-hydrogen) atoms. The summed E-state index contributed by atoms with van der Waals surface area (Å²) in [5, 5.41) is 0. The summed E-state index contributed by atoms with van der Waals surface area (Å²) in [6.07, 6.45) is 6.20. The summed E-state index contributed by atoms with van der Waals surface area (Å²) in [5.74, 6) is 0.122. The number of fused-ring (bicyclic) bond motifs is 1. The Morgan fingerprint density at radius 2 is 2.05 bits per heavy atom. The number of hydrogen-bond acceptors (Lipinski definition) is 2. The van der Waals surface area contributed by atoms with Crippen molar-refractivity contribution < 1.29 is 4.79 Å². The van der Waals surface area contributed by atoms with Gasteiger partial charge < -0.3 is 4.90 Å². The average molecular weight is 350 g/mol. The highest BCUT2D eigenvalue weighted by Gasteiger charge is 2.25. The third-order valence-electron chi connectivity index (χ3n) is 4.06. The molecule has 1 aliphatic rings. The Hall–Kier alpha value is -1.36. The predicted molar refractivity (Wildman–Crippen MR) is 86.8 cm³/mol. The zero-order valence-electron chi connectivity index (χ0n) is 12.5. The number of aromatic nitrogens is 2. The minimum atomic E-state index is 0.122. The van der Waals surface area contributed by atoms with Crippen LogP contribution in [0.4, 0.5) is 0 Å². The van der Waals surface area contributed by atoms with Crippen LogP contribution in [0.5, 0.6) is 0 Å². The topological polar surface area (TPSA) is 37.6 Å². The number of pyridine rings is 1. The number of nitrogens with zero attached hydrogens (tertiary/aromatic N) is 3. The van der Waals surface area contributed by atoms with Crippen molar-refractivity contribution in [2.24, 2.45) is 0 Å². The molecule has 0 N–H and O–H groups in total. The third-order valence-corrected chi connectivity index (χ3v) is 4.65. The lowest BCUT2D eigenvalue weighted by Crippen LogP contribution is -2.36. The normalized spacial score (nSPS) is 15.7. The first-order valence-electron chi connectivity index (χ1n) is 7.58. The molecule has 112 valence electrons. The molecule has 0 spiro atoms. The standard InChI is InChI=1S/C16H20BrN3O/c1-3-13-14(16(21)19-7-5-4-6-8-19)20-10-11(2)9-12(17)15(20)18-13/h9-10H,3-8H2,1-2H3. The summed E-state index contributed by atoms with van der Waals surface area (Å²) < 4.78 is 2.89. The SMILES string of the molecule is CCc1nc2c(Br)cc(C)cn2c1C(=O)N1CCCCC1. The molecule has 5 heteroatoms. The van der Waals surface area contributed by atoms with Crippen LogP contribution in [0.1, 0.15) is 47.9 Å². The fraction of sp³-hybridized carbons (Fsp3) is 0.500. The zero-order valence-corrected chi connectivity index (χ0v) is 14.1. The molecule has 2 aromatic heterocycles. The van der Waals surface area contributed by atoms with Crippen LogP contribution in [0.3, 0.4) is 0 Å². The third kappa shape index (κ3) is 2.59. The number of rotatable bonds is 2. The summed E-state index contributed by atoms with van der Waals surface area (Å²) >= 11 is 3.56. The van der Waals surface area contributed by atoms with Crippen LogP contribution < -0.4 is 0 Å². The second-order valence-corrected chi connectivity index (χ2v) is 6.53. The van der Waals surface area contributed by atoms with E-state index in [1.165, 1.54) is 6.42 Å². The number of piperidine rings is 1. The second kappa shape index (κ2) is 5.79. The molecular formula is C16H20BrN3O. The first-order valence-corrected chi connectivity index (χ1v) is 8.37. The number of halogens is 1. The van der Waals surface area contributed by atoms with Gasteiger partial charge >= 0.3 is 0 Å². The highest BCUT2D eigenvalue weighted by atomic mass is 79.9. The predicted octanol–water partition coefficient (Wildman–Crippen LogP) is 3.59. The van der Waals surface area contributed by atoms with E-state index >= 15 is 0 Å². The number of aryl methyl sites for hydroxylation is 2. The Morgan fingerprint density at radius 3 is 2.71 bits per heavy atom. The molecule has 4 nitrogen and oxygen atoms in total. The van der Waals surface area contributed by atoms with Crippen molar-refractivity contribution in [1.82, 2.24) is 14.3 Å². The lowest BCUT2D eigenvalue weighted by atomic mass is 10.1. The Bertz CT molecular complexity index is 686. The van der Waals surface area contributed by atoms with Gasteiger partial charge in [-0.05, 0) is 60.2 Å². The van der Waals surface area contributed by atoms with Crippen molar-refractivity contribution in [3.8, 4) is 0 Å². The van der Waals surface area contributed by atoms with Gasteiger partial charge in [0.05, 0.1) is 10.2 Å². The van der Waals surface area contributed by atoms with E-state index in [-0.39, 0.29) is 5.91 Å². The number of carbonyl (C=O) groups excluding carboxylic acids is 1. The molecule has 0 unspecified atom stereocenters. The van der Waals surface area contributed by atoms with Crippen LogP contribution >= 0.6 is 15.9 Å². The van der Waals surface area contributed by atoms with Crippen molar-refractivity contribution >= 4 is 27.5 Å². The van der Waals surface area contributed by atoms with Crippen molar-refractivity contribution in [3.05, 3.63) is 33.7 Å². The van der Waals surface area contributed by atoms with Gasteiger partial charge in [0.2, 0.25) is 0 Å². The minimum absolute atomic E-state index is 0.122. The van der Waals surface area contributed by atoms with E-state index in [4.69, 9.17) is 0 Å². The highest BCUT2D eigenvalue weighted by Crippen LogP contribution is 2.24. The lowest BCUT2D eigenvalue weighted by molar-refractivity contribution is 0.0716. The number of carbonyl (C=O) groups is 1. The monoisotopic (exact) mass is 349 g/mol. The molecule has 1 aliphatic heterocycles. The van der Waals surface area contributed by atoms with Crippen molar-refractivity contribution in [1.29, 1.82) is 0 Å². The molecule has 0 aromatic carbocycles. The van der Waals surface area contributed by atoms with Gasteiger partial charge in [0, 0.05) is 19.3 Å². The van der Waals surface area contributed by atoms with Crippen molar-refractivity contribution in [2.45, 2.75) is 39.5 Å². The maximum Gasteiger partial charge on any atom is 0.272 e. The van der Waals surface area contributed by atoms with Gasteiger partial charge in [-0.15, -0.1) is 0 Å². The molecule has 1 saturated heterocycles. The zero-order chi connectivity index (χ0) is 15.0.